The molecule has 0 spiro atoms. The van der Waals surface area contributed by atoms with E-state index < -0.39 is 0 Å². The first-order chi connectivity index (χ1) is 14.7. The summed E-state index contributed by atoms with van der Waals surface area (Å²) in [6.07, 6.45) is 0. The zero-order chi connectivity index (χ0) is 20.5. The number of hydrogen-bond donors (Lipinski definition) is 1. The van der Waals surface area contributed by atoms with Gasteiger partial charge in [0.1, 0.15) is 11.6 Å². The van der Waals surface area contributed by atoms with E-state index in [0.717, 1.165) is 27.6 Å². The first kappa shape index (κ1) is 18.4. The van der Waals surface area contributed by atoms with Gasteiger partial charge in [0.15, 0.2) is 5.16 Å². The second-order valence-electron chi connectivity index (χ2n) is 6.73. The van der Waals surface area contributed by atoms with Gasteiger partial charge in [-0.2, -0.15) is 0 Å². The summed E-state index contributed by atoms with van der Waals surface area (Å²) in [4.78, 5) is 24.7. The van der Waals surface area contributed by atoms with Crippen LogP contribution < -0.4 is 10.3 Å². The molecule has 6 nitrogen and oxygen atoms in total. The van der Waals surface area contributed by atoms with Gasteiger partial charge in [0, 0.05) is 5.69 Å². The summed E-state index contributed by atoms with van der Waals surface area (Å²) in [7, 11) is 1.65. The van der Waals surface area contributed by atoms with E-state index in [0.29, 0.717) is 22.5 Å². The Morgan fingerprint density at radius 2 is 1.67 bits per heavy atom. The standard InChI is InChI=1S/C23H18N4O2S/c1-29-16-12-10-15(11-13-16)27-20-9-5-4-8-19(20)25-23(27)30-14-21-24-18-7-3-2-6-17(18)22(28)26-21/h2-13H,14H2,1H3,(H,24,26,28). The molecule has 0 radical (unpaired) electrons. The summed E-state index contributed by atoms with van der Waals surface area (Å²) >= 11 is 1.54. The second kappa shape index (κ2) is 7.68. The number of H-pyrrole nitrogens is 1. The fraction of sp³-hybridized carbons (Fsp3) is 0.0870. The van der Waals surface area contributed by atoms with Crippen LogP contribution in [0.2, 0.25) is 0 Å². The second-order valence-corrected chi connectivity index (χ2v) is 7.68. The predicted molar refractivity (Wildman–Crippen MR) is 120 cm³/mol. The van der Waals surface area contributed by atoms with Crippen LogP contribution >= 0.6 is 11.8 Å². The van der Waals surface area contributed by atoms with Gasteiger partial charge in [0.2, 0.25) is 0 Å². The number of rotatable bonds is 5. The number of nitrogens with one attached hydrogen (secondary N) is 1. The lowest BCUT2D eigenvalue weighted by Gasteiger charge is -2.10. The Morgan fingerprint density at radius 3 is 2.47 bits per heavy atom. The Kier molecular flexibility index (Phi) is 4.72. The van der Waals surface area contributed by atoms with Crippen LogP contribution in [0.25, 0.3) is 27.6 Å². The number of ether oxygens (including phenoxy) is 1. The number of methoxy groups -OCH3 is 1. The van der Waals surface area contributed by atoms with Crippen LogP contribution in [0.4, 0.5) is 0 Å². The van der Waals surface area contributed by atoms with Crippen molar-refractivity contribution in [2.24, 2.45) is 0 Å². The molecule has 2 heterocycles. The van der Waals surface area contributed by atoms with Crippen molar-refractivity contribution >= 4 is 33.7 Å². The number of aromatic amines is 1. The summed E-state index contributed by atoms with van der Waals surface area (Å²) in [5, 5.41) is 1.42. The van der Waals surface area contributed by atoms with Crippen molar-refractivity contribution in [3.05, 3.63) is 89.0 Å². The summed E-state index contributed by atoms with van der Waals surface area (Å²) in [6.45, 7) is 0. The minimum absolute atomic E-state index is 0.125. The Labute approximate surface area is 176 Å². The zero-order valence-corrected chi connectivity index (χ0v) is 17.0. The maximum Gasteiger partial charge on any atom is 0.258 e. The molecule has 0 aliphatic carbocycles. The number of hydrogen-bond acceptors (Lipinski definition) is 5. The van der Waals surface area contributed by atoms with E-state index in [-0.39, 0.29) is 5.56 Å². The smallest absolute Gasteiger partial charge is 0.258 e. The third-order valence-corrected chi connectivity index (χ3v) is 5.81. The molecule has 3 aromatic carbocycles. The predicted octanol–water partition coefficient (Wildman–Crippen LogP) is 4.56. The molecule has 30 heavy (non-hydrogen) atoms. The Bertz CT molecular complexity index is 1410. The highest BCUT2D eigenvalue weighted by atomic mass is 32.2. The molecule has 0 bridgehead atoms. The average molecular weight is 414 g/mol. The van der Waals surface area contributed by atoms with E-state index in [1.807, 2.05) is 66.7 Å². The lowest BCUT2D eigenvalue weighted by Crippen LogP contribution is -2.11. The molecule has 5 rings (SSSR count). The first-order valence-corrected chi connectivity index (χ1v) is 10.4. The summed E-state index contributed by atoms with van der Waals surface area (Å²) < 4.78 is 7.39. The molecule has 0 saturated heterocycles. The normalized spacial score (nSPS) is 11.2. The zero-order valence-electron chi connectivity index (χ0n) is 16.2. The molecule has 148 valence electrons. The van der Waals surface area contributed by atoms with Gasteiger partial charge in [0.05, 0.1) is 34.8 Å². The molecule has 0 fully saturated rings. The van der Waals surface area contributed by atoms with Crippen LogP contribution in [0.5, 0.6) is 5.75 Å². The fourth-order valence-electron chi connectivity index (χ4n) is 3.42. The van der Waals surface area contributed by atoms with E-state index in [1.165, 1.54) is 11.8 Å². The van der Waals surface area contributed by atoms with E-state index in [1.54, 1.807) is 13.2 Å². The number of thioether (sulfide) groups is 1. The highest BCUT2D eigenvalue weighted by molar-refractivity contribution is 7.98. The van der Waals surface area contributed by atoms with Gasteiger partial charge in [-0.05, 0) is 48.5 Å². The van der Waals surface area contributed by atoms with Crippen LogP contribution in [-0.4, -0.2) is 26.6 Å². The third-order valence-electron chi connectivity index (χ3n) is 4.86. The molecule has 0 unspecified atom stereocenters. The number of aromatic nitrogens is 4. The number of nitrogens with zero attached hydrogens (tertiary/aromatic N) is 3. The van der Waals surface area contributed by atoms with Crippen molar-refractivity contribution in [3.8, 4) is 11.4 Å². The van der Waals surface area contributed by atoms with Gasteiger partial charge in [-0.1, -0.05) is 36.0 Å². The maximum absolute atomic E-state index is 12.4. The van der Waals surface area contributed by atoms with Crippen molar-refractivity contribution in [2.45, 2.75) is 10.9 Å². The molecule has 1 N–H and O–H groups in total. The minimum Gasteiger partial charge on any atom is -0.497 e. The van der Waals surface area contributed by atoms with Crippen LogP contribution in [0.15, 0.2) is 82.7 Å². The SMILES string of the molecule is COc1ccc(-n2c(SCc3nc4ccccc4c(=O)[nH]3)nc3ccccc32)cc1. The summed E-state index contributed by atoms with van der Waals surface area (Å²) in [6, 6.07) is 23.3. The van der Waals surface area contributed by atoms with Crippen molar-refractivity contribution in [1.82, 2.24) is 19.5 Å². The lowest BCUT2D eigenvalue weighted by molar-refractivity contribution is 0.414. The maximum atomic E-state index is 12.4. The molecule has 0 atom stereocenters. The minimum atomic E-state index is -0.125. The van der Waals surface area contributed by atoms with E-state index >= 15 is 0 Å². The monoisotopic (exact) mass is 414 g/mol. The molecular formula is C23H18N4O2S. The van der Waals surface area contributed by atoms with Crippen LogP contribution in [0, 0.1) is 0 Å². The van der Waals surface area contributed by atoms with Crippen molar-refractivity contribution in [3.63, 3.8) is 0 Å². The molecule has 5 aromatic rings. The van der Waals surface area contributed by atoms with Crippen LogP contribution in [0.1, 0.15) is 5.82 Å². The summed E-state index contributed by atoms with van der Waals surface area (Å²) in [5.74, 6) is 1.92. The molecule has 7 heteroatoms. The fourth-order valence-corrected chi connectivity index (χ4v) is 4.32. The molecule has 2 aromatic heterocycles. The average Bonchev–Trinajstić information content (AvgIpc) is 3.16. The van der Waals surface area contributed by atoms with Crippen molar-refractivity contribution < 1.29 is 4.74 Å². The number of para-hydroxylation sites is 3. The highest BCUT2D eigenvalue weighted by Crippen LogP contribution is 2.30. The molecule has 0 amide bonds. The molecular weight excluding hydrogens is 396 g/mol. The first-order valence-electron chi connectivity index (χ1n) is 9.45. The van der Waals surface area contributed by atoms with Gasteiger partial charge >= 0.3 is 0 Å². The van der Waals surface area contributed by atoms with Gasteiger partial charge in [-0.25, -0.2) is 9.97 Å². The Hall–Kier alpha value is -3.58. The number of imidazole rings is 1. The summed E-state index contributed by atoms with van der Waals surface area (Å²) in [5.41, 5.74) is 3.49. The lowest BCUT2D eigenvalue weighted by atomic mass is 10.2. The van der Waals surface area contributed by atoms with Crippen molar-refractivity contribution in [1.29, 1.82) is 0 Å². The van der Waals surface area contributed by atoms with E-state index in [2.05, 4.69) is 14.5 Å². The van der Waals surface area contributed by atoms with Gasteiger partial charge in [0.25, 0.3) is 5.56 Å². The van der Waals surface area contributed by atoms with Crippen LogP contribution in [-0.2, 0) is 5.75 Å². The van der Waals surface area contributed by atoms with E-state index in [9.17, 15) is 4.79 Å². The third kappa shape index (κ3) is 3.33. The van der Waals surface area contributed by atoms with Gasteiger partial charge < -0.3 is 9.72 Å². The highest BCUT2D eigenvalue weighted by Gasteiger charge is 2.14. The molecule has 0 aliphatic rings. The van der Waals surface area contributed by atoms with Crippen molar-refractivity contribution in [2.75, 3.05) is 7.11 Å². The van der Waals surface area contributed by atoms with Gasteiger partial charge in [-0.15, -0.1) is 0 Å². The van der Waals surface area contributed by atoms with E-state index in [4.69, 9.17) is 9.72 Å². The topological polar surface area (TPSA) is 72.8 Å². The number of fused-ring (bicyclic) bond motifs is 2. The van der Waals surface area contributed by atoms with Crippen LogP contribution in [0.3, 0.4) is 0 Å². The van der Waals surface area contributed by atoms with Gasteiger partial charge in [-0.3, -0.25) is 9.36 Å². The number of benzene rings is 3. The quantitative estimate of drug-likeness (QED) is 0.427. The Morgan fingerprint density at radius 1 is 0.933 bits per heavy atom. The Balaban J connectivity index is 1.53. The molecule has 0 aliphatic heterocycles. The largest absolute Gasteiger partial charge is 0.497 e. The molecule has 0 saturated carbocycles.